The Labute approximate surface area is 130 Å². The van der Waals surface area contributed by atoms with Crippen molar-refractivity contribution in [1.29, 1.82) is 0 Å². The minimum absolute atomic E-state index is 0.382. The Bertz CT molecular complexity index is 840. The van der Waals surface area contributed by atoms with Crippen LogP contribution in [0, 0.1) is 0 Å². The third kappa shape index (κ3) is 3.06. The Balaban J connectivity index is 2.09. The van der Waals surface area contributed by atoms with Crippen LogP contribution in [0.2, 0.25) is 5.02 Å². The molecule has 0 N–H and O–H groups in total. The van der Waals surface area contributed by atoms with Crippen LogP contribution in [0.1, 0.15) is 0 Å². The van der Waals surface area contributed by atoms with E-state index >= 15 is 0 Å². The lowest BCUT2D eigenvalue weighted by atomic mass is 10.2. The van der Waals surface area contributed by atoms with Gasteiger partial charge in [-0.15, -0.1) is 0 Å². The van der Waals surface area contributed by atoms with E-state index in [0.717, 1.165) is 15.2 Å². The molecule has 0 fully saturated rings. The molecule has 3 rings (SSSR count). The molecule has 3 nitrogen and oxygen atoms in total. The van der Waals surface area contributed by atoms with Gasteiger partial charge in [0.05, 0.1) is 7.11 Å². The van der Waals surface area contributed by atoms with Gasteiger partial charge in [0, 0.05) is 32.3 Å². The lowest BCUT2D eigenvalue weighted by Crippen LogP contribution is -1.97. The highest BCUT2D eigenvalue weighted by molar-refractivity contribution is 7.99. The average Bonchev–Trinajstić information content (AvgIpc) is 2.48. The van der Waals surface area contributed by atoms with Crippen LogP contribution in [-0.2, 0) is 0 Å². The number of hydrogen-bond donors (Lipinski definition) is 0. The Morgan fingerprint density at radius 2 is 1.86 bits per heavy atom. The molecule has 0 aliphatic heterocycles. The summed E-state index contributed by atoms with van der Waals surface area (Å²) in [5.41, 5.74) is 0.130. The van der Waals surface area contributed by atoms with Gasteiger partial charge in [-0.1, -0.05) is 23.4 Å². The zero-order valence-electron chi connectivity index (χ0n) is 11.1. The molecule has 2 aromatic carbocycles. The van der Waals surface area contributed by atoms with Crippen LogP contribution < -0.4 is 10.4 Å². The van der Waals surface area contributed by atoms with Crippen molar-refractivity contribution in [3.63, 3.8) is 0 Å². The van der Waals surface area contributed by atoms with Crippen molar-refractivity contribution >= 4 is 34.3 Å². The van der Waals surface area contributed by atoms with Crippen LogP contribution in [0.25, 0.3) is 11.0 Å². The summed E-state index contributed by atoms with van der Waals surface area (Å²) >= 11 is 7.37. The molecular formula is C16H11ClO3S. The first-order valence-electron chi connectivity index (χ1n) is 6.21. The van der Waals surface area contributed by atoms with Gasteiger partial charge >= 0.3 is 5.63 Å². The lowest BCUT2D eigenvalue weighted by Gasteiger charge is -2.06. The Morgan fingerprint density at radius 3 is 2.57 bits per heavy atom. The molecule has 1 aromatic heterocycles. The number of fused-ring (bicyclic) bond motifs is 1. The summed E-state index contributed by atoms with van der Waals surface area (Å²) in [6, 6.07) is 14.4. The summed E-state index contributed by atoms with van der Waals surface area (Å²) in [4.78, 5) is 13.5. The minimum Gasteiger partial charge on any atom is -0.497 e. The van der Waals surface area contributed by atoms with E-state index in [0.29, 0.717) is 16.4 Å². The van der Waals surface area contributed by atoms with Gasteiger partial charge in [-0.3, -0.25) is 0 Å². The van der Waals surface area contributed by atoms with E-state index in [1.807, 2.05) is 36.4 Å². The largest absolute Gasteiger partial charge is 0.497 e. The molecule has 106 valence electrons. The summed E-state index contributed by atoms with van der Waals surface area (Å²) in [5.74, 6) is 0.652. The molecule has 5 heteroatoms. The summed E-state index contributed by atoms with van der Waals surface area (Å²) in [5, 5.41) is 1.55. The topological polar surface area (TPSA) is 39.4 Å². The predicted octanol–water partition coefficient (Wildman–Crippen LogP) is 4.61. The second kappa shape index (κ2) is 5.84. The number of benzene rings is 2. The van der Waals surface area contributed by atoms with Crippen molar-refractivity contribution < 1.29 is 9.15 Å². The van der Waals surface area contributed by atoms with E-state index in [1.54, 1.807) is 13.2 Å². The normalized spacial score (nSPS) is 10.8. The van der Waals surface area contributed by atoms with Gasteiger partial charge in [-0.25, -0.2) is 4.79 Å². The van der Waals surface area contributed by atoms with Gasteiger partial charge in [0.1, 0.15) is 11.3 Å². The van der Waals surface area contributed by atoms with E-state index in [1.165, 1.54) is 17.8 Å². The first kappa shape index (κ1) is 14.0. The van der Waals surface area contributed by atoms with Gasteiger partial charge in [-0.2, -0.15) is 0 Å². The van der Waals surface area contributed by atoms with Crippen molar-refractivity contribution in [2.75, 3.05) is 7.11 Å². The molecule has 3 aromatic rings. The zero-order valence-corrected chi connectivity index (χ0v) is 12.7. The van der Waals surface area contributed by atoms with Crippen molar-refractivity contribution in [2.45, 2.75) is 9.79 Å². The third-order valence-corrected chi connectivity index (χ3v) is 4.27. The van der Waals surface area contributed by atoms with Crippen molar-refractivity contribution in [1.82, 2.24) is 0 Å². The van der Waals surface area contributed by atoms with Crippen LogP contribution in [0.5, 0.6) is 5.75 Å². The highest BCUT2D eigenvalue weighted by Gasteiger charge is 2.08. The Hall–Kier alpha value is -1.91. The van der Waals surface area contributed by atoms with Crippen LogP contribution in [0.15, 0.2) is 67.5 Å². The Kier molecular flexibility index (Phi) is 3.90. The van der Waals surface area contributed by atoms with E-state index in [-0.39, 0.29) is 5.63 Å². The quantitative estimate of drug-likeness (QED) is 0.661. The molecule has 0 bridgehead atoms. The second-order valence-electron chi connectivity index (χ2n) is 4.35. The summed E-state index contributed by atoms with van der Waals surface area (Å²) < 4.78 is 10.4. The third-order valence-electron chi connectivity index (χ3n) is 2.96. The van der Waals surface area contributed by atoms with Gasteiger partial charge in [0.2, 0.25) is 0 Å². The van der Waals surface area contributed by atoms with Gasteiger partial charge in [0.25, 0.3) is 0 Å². The fourth-order valence-electron chi connectivity index (χ4n) is 1.95. The highest BCUT2D eigenvalue weighted by Crippen LogP contribution is 2.34. The number of methoxy groups -OCH3 is 1. The van der Waals surface area contributed by atoms with Crippen LogP contribution >= 0.6 is 23.4 Å². The van der Waals surface area contributed by atoms with E-state index in [4.69, 9.17) is 20.8 Å². The number of ether oxygens (including phenoxy) is 1. The van der Waals surface area contributed by atoms with Crippen molar-refractivity contribution in [3.05, 3.63) is 64.0 Å². The fraction of sp³-hybridized carbons (Fsp3) is 0.0625. The predicted molar refractivity (Wildman–Crippen MR) is 84.6 cm³/mol. The fourth-order valence-corrected chi connectivity index (χ4v) is 3.04. The Morgan fingerprint density at radius 1 is 1.10 bits per heavy atom. The molecular weight excluding hydrogens is 308 g/mol. The smallest absolute Gasteiger partial charge is 0.337 e. The molecule has 0 aliphatic rings. The summed E-state index contributed by atoms with van der Waals surface area (Å²) in [6.07, 6.45) is 0. The maximum atomic E-state index is 11.7. The molecule has 0 spiro atoms. The minimum atomic E-state index is -0.382. The number of rotatable bonds is 3. The highest BCUT2D eigenvalue weighted by atomic mass is 35.5. The maximum Gasteiger partial charge on any atom is 0.337 e. The van der Waals surface area contributed by atoms with Crippen molar-refractivity contribution in [2.24, 2.45) is 0 Å². The average molecular weight is 319 g/mol. The molecule has 21 heavy (non-hydrogen) atoms. The summed E-state index contributed by atoms with van der Waals surface area (Å²) in [6.45, 7) is 0. The van der Waals surface area contributed by atoms with Gasteiger partial charge < -0.3 is 9.15 Å². The van der Waals surface area contributed by atoms with E-state index < -0.39 is 0 Å². The first-order chi connectivity index (χ1) is 10.2. The van der Waals surface area contributed by atoms with Crippen molar-refractivity contribution in [3.8, 4) is 5.75 Å². The molecule has 1 heterocycles. The standard InChI is InChI=1S/C16H11ClO3S/c1-19-11-4-7-13-14(8-11)20-16(18)9-15(13)21-12-5-2-10(17)3-6-12/h2-9H,1H3. The molecule has 0 amide bonds. The maximum absolute atomic E-state index is 11.7. The molecule has 0 radical (unpaired) electrons. The molecule has 0 saturated carbocycles. The SMILES string of the molecule is COc1ccc2c(Sc3ccc(Cl)cc3)cc(=O)oc2c1. The van der Waals surface area contributed by atoms with Gasteiger partial charge in [0.15, 0.2) is 0 Å². The number of halogens is 1. The van der Waals surface area contributed by atoms with Crippen LogP contribution in [0.3, 0.4) is 0 Å². The molecule has 0 saturated heterocycles. The molecule has 0 atom stereocenters. The lowest BCUT2D eigenvalue weighted by molar-refractivity contribution is 0.414. The van der Waals surface area contributed by atoms with E-state index in [9.17, 15) is 4.79 Å². The zero-order chi connectivity index (χ0) is 14.8. The van der Waals surface area contributed by atoms with Crippen LogP contribution in [0.4, 0.5) is 0 Å². The first-order valence-corrected chi connectivity index (χ1v) is 7.40. The number of hydrogen-bond acceptors (Lipinski definition) is 4. The van der Waals surface area contributed by atoms with Crippen LogP contribution in [-0.4, -0.2) is 7.11 Å². The molecule has 0 aliphatic carbocycles. The molecule has 0 unspecified atom stereocenters. The summed E-state index contributed by atoms with van der Waals surface area (Å²) in [7, 11) is 1.57. The monoisotopic (exact) mass is 318 g/mol. The second-order valence-corrected chi connectivity index (χ2v) is 5.90. The van der Waals surface area contributed by atoms with E-state index in [2.05, 4.69) is 0 Å². The van der Waals surface area contributed by atoms with Gasteiger partial charge in [-0.05, 0) is 36.4 Å².